The van der Waals surface area contributed by atoms with E-state index in [1.54, 1.807) is 0 Å². The molecule has 0 bridgehead atoms. The van der Waals surface area contributed by atoms with Crippen LogP contribution in [0.4, 0.5) is 0 Å². The second kappa shape index (κ2) is 7.20. The summed E-state index contributed by atoms with van der Waals surface area (Å²) in [5.74, 6) is 0.739. The number of rotatable bonds is 4. The summed E-state index contributed by atoms with van der Waals surface area (Å²) in [6, 6.07) is 6.26. The van der Waals surface area contributed by atoms with Crippen molar-refractivity contribution in [3.63, 3.8) is 0 Å². The van der Waals surface area contributed by atoms with Crippen LogP contribution in [0.3, 0.4) is 0 Å². The number of fused-ring (bicyclic) bond motifs is 1. The van der Waals surface area contributed by atoms with Crippen molar-refractivity contribution in [2.75, 3.05) is 6.54 Å². The standard InChI is InChI=1S/C20H28N2O/c1-3-22-14-17(19-15(2)9-8-12-18(19)22)20(23)21-13-16-10-6-4-5-7-11-16/h8-9,12,14,16H,3-7,10-11,13H2,1-2H3,(H,21,23). The molecule has 3 rings (SSSR count). The fourth-order valence-corrected chi connectivity index (χ4v) is 3.87. The van der Waals surface area contributed by atoms with Gasteiger partial charge in [0.2, 0.25) is 0 Å². The van der Waals surface area contributed by atoms with Crippen molar-refractivity contribution in [1.82, 2.24) is 9.88 Å². The van der Waals surface area contributed by atoms with E-state index in [1.165, 1.54) is 44.1 Å². The molecule has 0 aliphatic heterocycles. The number of hydrogen-bond acceptors (Lipinski definition) is 1. The van der Waals surface area contributed by atoms with Gasteiger partial charge in [-0.15, -0.1) is 0 Å². The smallest absolute Gasteiger partial charge is 0.253 e. The summed E-state index contributed by atoms with van der Waals surface area (Å²) in [7, 11) is 0. The molecule has 1 aliphatic rings. The van der Waals surface area contributed by atoms with Crippen molar-refractivity contribution in [2.45, 2.75) is 58.9 Å². The minimum atomic E-state index is 0.0840. The predicted octanol–water partition coefficient (Wildman–Crippen LogP) is 4.67. The molecule has 0 atom stereocenters. The molecule has 1 saturated carbocycles. The van der Waals surface area contributed by atoms with Crippen molar-refractivity contribution >= 4 is 16.8 Å². The lowest BCUT2D eigenvalue weighted by Gasteiger charge is -2.14. The maximum Gasteiger partial charge on any atom is 0.253 e. The molecule has 3 heteroatoms. The van der Waals surface area contributed by atoms with Crippen LogP contribution in [0.5, 0.6) is 0 Å². The van der Waals surface area contributed by atoms with Crippen molar-refractivity contribution in [3.8, 4) is 0 Å². The SMILES string of the molecule is CCn1cc(C(=O)NCC2CCCCCC2)c2c(C)cccc21. The number of carbonyl (C=O) groups excluding carboxylic acids is 1. The van der Waals surface area contributed by atoms with Crippen molar-refractivity contribution in [1.29, 1.82) is 0 Å². The zero-order valence-corrected chi connectivity index (χ0v) is 14.4. The third-order valence-corrected chi connectivity index (χ3v) is 5.23. The molecular formula is C20H28N2O. The summed E-state index contributed by atoms with van der Waals surface area (Å²) in [5.41, 5.74) is 3.16. The van der Waals surface area contributed by atoms with Gasteiger partial charge in [-0.2, -0.15) is 0 Å². The van der Waals surface area contributed by atoms with Crippen LogP contribution in [-0.4, -0.2) is 17.0 Å². The molecule has 3 nitrogen and oxygen atoms in total. The quantitative estimate of drug-likeness (QED) is 0.818. The molecular weight excluding hydrogens is 284 g/mol. The van der Waals surface area contributed by atoms with E-state index in [9.17, 15) is 4.79 Å². The second-order valence-corrected chi connectivity index (χ2v) is 6.87. The van der Waals surface area contributed by atoms with Gasteiger partial charge in [-0.1, -0.05) is 37.8 Å². The summed E-state index contributed by atoms with van der Waals surface area (Å²) in [5, 5.41) is 4.31. The first-order valence-corrected chi connectivity index (χ1v) is 9.07. The molecule has 1 N–H and O–H groups in total. The van der Waals surface area contributed by atoms with Gasteiger partial charge in [-0.25, -0.2) is 0 Å². The summed E-state index contributed by atoms with van der Waals surface area (Å²) in [6.45, 7) is 5.92. The van der Waals surface area contributed by atoms with Gasteiger partial charge in [-0.05, 0) is 44.2 Å². The molecule has 0 spiro atoms. The van der Waals surface area contributed by atoms with Gasteiger partial charge in [0.05, 0.1) is 5.56 Å². The molecule has 1 heterocycles. The Bertz CT molecular complexity index is 678. The Hall–Kier alpha value is -1.77. The number of aryl methyl sites for hydroxylation is 2. The summed E-state index contributed by atoms with van der Waals surface area (Å²) >= 11 is 0. The fourth-order valence-electron chi connectivity index (χ4n) is 3.87. The lowest BCUT2D eigenvalue weighted by molar-refractivity contribution is 0.0947. The van der Waals surface area contributed by atoms with Gasteiger partial charge >= 0.3 is 0 Å². The first-order chi connectivity index (χ1) is 11.2. The van der Waals surface area contributed by atoms with Crippen LogP contribution in [0.15, 0.2) is 24.4 Å². The van der Waals surface area contributed by atoms with Crippen LogP contribution in [0.2, 0.25) is 0 Å². The average Bonchev–Trinajstić information content (AvgIpc) is 2.75. The highest BCUT2D eigenvalue weighted by molar-refractivity contribution is 6.08. The first-order valence-electron chi connectivity index (χ1n) is 9.07. The van der Waals surface area contributed by atoms with Gasteiger partial charge in [0.15, 0.2) is 0 Å². The fraction of sp³-hybridized carbons (Fsp3) is 0.550. The van der Waals surface area contributed by atoms with E-state index < -0.39 is 0 Å². The van der Waals surface area contributed by atoms with Crippen molar-refractivity contribution < 1.29 is 4.79 Å². The highest BCUT2D eigenvalue weighted by Gasteiger charge is 2.18. The van der Waals surface area contributed by atoms with E-state index in [4.69, 9.17) is 0 Å². The molecule has 1 amide bonds. The highest BCUT2D eigenvalue weighted by Crippen LogP contribution is 2.26. The Morgan fingerprint density at radius 3 is 2.65 bits per heavy atom. The Morgan fingerprint density at radius 2 is 1.96 bits per heavy atom. The number of nitrogens with zero attached hydrogens (tertiary/aromatic N) is 1. The molecule has 23 heavy (non-hydrogen) atoms. The molecule has 124 valence electrons. The molecule has 1 aromatic carbocycles. The summed E-state index contributed by atoms with van der Waals surface area (Å²) in [4.78, 5) is 12.7. The third-order valence-electron chi connectivity index (χ3n) is 5.23. The zero-order valence-electron chi connectivity index (χ0n) is 14.4. The van der Waals surface area contributed by atoms with Gasteiger partial charge in [0, 0.05) is 30.2 Å². The van der Waals surface area contributed by atoms with E-state index in [-0.39, 0.29) is 5.91 Å². The number of carbonyl (C=O) groups is 1. The van der Waals surface area contributed by atoms with Crippen LogP contribution >= 0.6 is 0 Å². The molecule has 1 aliphatic carbocycles. The highest BCUT2D eigenvalue weighted by atomic mass is 16.1. The first kappa shape index (κ1) is 16.1. The Kier molecular flexibility index (Phi) is 5.04. The van der Waals surface area contributed by atoms with Crippen molar-refractivity contribution in [3.05, 3.63) is 35.5 Å². The Morgan fingerprint density at radius 1 is 1.22 bits per heavy atom. The maximum atomic E-state index is 12.7. The molecule has 1 aromatic heterocycles. The number of nitrogens with one attached hydrogen (secondary N) is 1. The molecule has 0 unspecified atom stereocenters. The second-order valence-electron chi connectivity index (χ2n) is 6.87. The van der Waals surface area contributed by atoms with Gasteiger partial charge in [0.1, 0.15) is 0 Å². The minimum Gasteiger partial charge on any atom is -0.352 e. The maximum absolute atomic E-state index is 12.7. The number of benzene rings is 1. The topological polar surface area (TPSA) is 34.0 Å². The monoisotopic (exact) mass is 312 g/mol. The summed E-state index contributed by atoms with van der Waals surface area (Å²) in [6.07, 6.45) is 9.87. The summed E-state index contributed by atoms with van der Waals surface area (Å²) < 4.78 is 2.17. The number of aromatic nitrogens is 1. The van der Waals surface area contributed by atoms with Crippen LogP contribution < -0.4 is 5.32 Å². The van der Waals surface area contributed by atoms with E-state index in [2.05, 4.69) is 41.9 Å². The van der Waals surface area contributed by atoms with E-state index in [1.807, 2.05) is 6.20 Å². The molecule has 0 radical (unpaired) electrons. The van der Waals surface area contributed by atoms with E-state index >= 15 is 0 Å². The molecule has 0 saturated heterocycles. The lowest BCUT2D eigenvalue weighted by atomic mass is 10.00. The average molecular weight is 312 g/mol. The van der Waals surface area contributed by atoms with E-state index in [0.717, 1.165) is 29.6 Å². The van der Waals surface area contributed by atoms with E-state index in [0.29, 0.717) is 5.92 Å². The zero-order chi connectivity index (χ0) is 16.2. The molecule has 1 fully saturated rings. The number of hydrogen-bond donors (Lipinski definition) is 1. The van der Waals surface area contributed by atoms with Gasteiger partial charge < -0.3 is 9.88 Å². The largest absolute Gasteiger partial charge is 0.352 e. The number of amides is 1. The molecule has 2 aromatic rings. The van der Waals surface area contributed by atoms with Crippen molar-refractivity contribution in [2.24, 2.45) is 5.92 Å². The normalized spacial score (nSPS) is 16.4. The third kappa shape index (κ3) is 3.44. The lowest BCUT2D eigenvalue weighted by Crippen LogP contribution is -2.29. The Balaban J connectivity index is 1.78. The Labute approximate surface area is 139 Å². The minimum absolute atomic E-state index is 0.0840. The van der Waals surface area contributed by atoms with Crippen LogP contribution in [0, 0.1) is 12.8 Å². The van der Waals surface area contributed by atoms with Crippen LogP contribution in [0.25, 0.3) is 10.9 Å². The van der Waals surface area contributed by atoms with Gasteiger partial charge in [0.25, 0.3) is 5.91 Å². The predicted molar refractivity (Wildman–Crippen MR) is 95.9 cm³/mol. The van der Waals surface area contributed by atoms with Crippen LogP contribution in [-0.2, 0) is 6.54 Å². The van der Waals surface area contributed by atoms with Crippen LogP contribution in [0.1, 0.15) is 61.4 Å². The van der Waals surface area contributed by atoms with Gasteiger partial charge in [-0.3, -0.25) is 4.79 Å².